The van der Waals surface area contributed by atoms with Gasteiger partial charge in [-0.2, -0.15) is 13.2 Å². The summed E-state index contributed by atoms with van der Waals surface area (Å²) in [7, 11) is 0. The highest BCUT2D eigenvalue weighted by molar-refractivity contribution is 5.94. The highest BCUT2D eigenvalue weighted by Crippen LogP contribution is 2.19. The van der Waals surface area contributed by atoms with Crippen molar-refractivity contribution in [3.63, 3.8) is 0 Å². The van der Waals surface area contributed by atoms with Crippen LogP contribution >= 0.6 is 0 Å². The molecule has 2 N–H and O–H groups in total. The molecule has 0 aliphatic carbocycles. The summed E-state index contributed by atoms with van der Waals surface area (Å²) >= 11 is 0. The molecule has 0 aliphatic rings. The van der Waals surface area contributed by atoms with E-state index in [4.69, 9.17) is 5.11 Å². The van der Waals surface area contributed by atoms with Crippen molar-refractivity contribution in [2.24, 2.45) is 0 Å². The molecule has 7 heteroatoms. The van der Waals surface area contributed by atoms with Gasteiger partial charge in [0, 0.05) is 0 Å². The van der Waals surface area contributed by atoms with Crippen LogP contribution in [0.3, 0.4) is 0 Å². The zero-order valence-electron chi connectivity index (χ0n) is 9.38. The summed E-state index contributed by atoms with van der Waals surface area (Å²) in [5, 5.41) is 10.5. The van der Waals surface area contributed by atoms with Crippen LogP contribution in [0, 0.1) is 12.7 Å². The molecule has 0 fully saturated rings. The highest BCUT2D eigenvalue weighted by Gasteiger charge is 2.38. The number of alkyl halides is 3. The molecule has 0 radical (unpaired) electrons. The van der Waals surface area contributed by atoms with E-state index < -0.39 is 30.5 Å². The Balaban J connectivity index is 2.69. The van der Waals surface area contributed by atoms with Crippen molar-refractivity contribution in [2.45, 2.75) is 19.2 Å². The number of rotatable bonds is 3. The van der Waals surface area contributed by atoms with Crippen LogP contribution in [0.25, 0.3) is 0 Å². The van der Waals surface area contributed by atoms with E-state index in [0.717, 1.165) is 6.07 Å². The molecule has 0 spiro atoms. The van der Waals surface area contributed by atoms with E-state index in [2.05, 4.69) is 0 Å². The number of aryl methyl sites for hydroxylation is 1. The first kappa shape index (κ1) is 14.4. The number of hydrogen-bond donors (Lipinski definition) is 2. The minimum absolute atomic E-state index is 0.357. The third-order valence-electron chi connectivity index (χ3n) is 2.20. The molecule has 0 aliphatic heterocycles. The number of halogens is 4. The maximum Gasteiger partial charge on any atom is 0.416 e. The van der Waals surface area contributed by atoms with E-state index in [1.807, 2.05) is 5.32 Å². The Labute approximate surface area is 100 Å². The zero-order chi connectivity index (χ0) is 13.9. The van der Waals surface area contributed by atoms with E-state index in [1.54, 1.807) is 6.92 Å². The normalized spacial score (nSPS) is 13.2. The van der Waals surface area contributed by atoms with Gasteiger partial charge in [0.2, 0.25) is 0 Å². The van der Waals surface area contributed by atoms with Gasteiger partial charge in [-0.15, -0.1) is 0 Å². The van der Waals surface area contributed by atoms with Crippen molar-refractivity contribution in [1.29, 1.82) is 0 Å². The summed E-state index contributed by atoms with van der Waals surface area (Å²) in [4.78, 5) is 11.4. The molecule has 100 valence electrons. The van der Waals surface area contributed by atoms with Gasteiger partial charge in [0.05, 0.1) is 12.1 Å². The number of aliphatic hydroxyl groups excluding tert-OH is 1. The lowest BCUT2D eigenvalue weighted by molar-refractivity contribution is -0.201. The fourth-order valence-electron chi connectivity index (χ4n) is 1.21. The molecule has 0 aromatic heterocycles. The predicted octanol–water partition coefficient (Wildman–Crippen LogP) is 1.79. The molecule has 0 heterocycles. The number of carbonyl (C=O) groups is 1. The average molecular weight is 265 g/mol. The quantitative estimate of drug-likeness (QED) is 0.818. The Morgan fingerprint density at radius 1 is 1.44 bits per heavy atom. The molecule has 1 unspecified atom stereocenters. The van der Waals surface area contributed by atoms with Crippen LogP contribution < -0.4 is 5.32 Å². The smallest absolute Gasteiger partial charge is 0.382 e. The molecule has 1 aromatic rings. The van der Waals surface area contributed by atoms with Gasteiger partial charge in [0.25, 0.3) is 5.91 Å². The molecule has 1 atom stereocenters. The Morgan fingerprint density at radius 2 is 2.06 bits per heavy atom. The number of nitrogens with one attached hydrogen (secondary N) is 1. The summed E-state index contributed by atoms with van der Waals surface area (Å²) in [6, 6.07) is 3.69. The molecule has 3 nitrogen and oxygen atoms in total. The second-order valence-electron chi connectivity index (χ2n) is 3.75. The zero-order valence-corrected chi connectivity index (χ0v) is 9.38. The molecular weight excluding hydrogens is 254 g/mol. The number of amides is 1. The molecular formula is C11H11F4NO2. The summed E-state index contributed by atoms with van der Waals surface area (Å²) in [5.74, 6) is -1.83. The minimum atomic E-state index is -4.82. The fourth-order valence-corrected chi connectivity index (χ4v) is 1.21. The van der Waals surface area contributed by atoms with E-state index in [-0.39, 0.29) is 5.56 Å². The standard InChI is InChI=1S/C11H11F4NO2/c1-6-2-3-8(12)7(4-6)10(18)16-5-9(17)11(13,14)15/h2-4,9,17H,5H2,1H3,(H,16,18). The van der Waals surface area contributed by atoms with E-state index in [9.17, 15) is 22.4 Å². The fraction of sp³-hybridized carbons (Fsp3) is 0.364. The Kier molecular flexibility index (Phi) is 4.28. The van der Waals surface area contributed by atoms with Gasteiger partial charge in [0.15, 0.2) is 6.10 Å². The van der Waals surface area contributed by atoms with Crippen LogP contribution in [0.1, 0.15) is 15.9 Å². The highest BCUT2D eigenvalue weighted by atomic mass is 19.4. The maximum atomic E-state index is 13.2. The minimum Gasteiger partial charge on any atom is -0.382 e. The molecule has 0 saturated heterocycles. The lowest BCUT2D eigenvalue weighted by Gasteiger charge is -2.15. The Bertz CT molecular complexity index is 445. The molecule has 0 saturated carbocycles. The van der Waals surface area contributed by atoms with Gasteiger partial charge >= 0.3 is 6.18 Å². The first-order chi connectivity index (χ1) is 8.21. The number of benzene rings is 1. The van der Waals surface area contributed by atoms with Crippen molar-refractivity contribution in [3.8, 4) is 0 Å². The number of aliphatic hydroxyl groups is 1. The largest absolute Gasteiger partial charge is 0.416 e. The van der Waals surface area contributed by atoms with Gasteiger partial charge in [-0.25, -0.2) is 4.39 Å². The van der Waals surface area contributed by atoms with Crippen molar-refractivity contribution in [3.05, 3.63) is 35.1 Å². The third-order valence-corrected chi connectivity index (χ3v) is 2.20. The Hall–Kier alpha value is -1.63. The van der Waals surface area contributed by atoms with Crippen molar-refractivity contribution < 1.29 is 27.5 Å². The van der Waals surface area contributed by atoms with Crippen LogP contribution in [0.15, 0.2) is 18.2 Å². The van der Waals surface area contributed by atoms with Crippen LogP contribution in [0.4, 0.5) is 17.6 Å². The summed E-state index contributed by atoms with van der Waals surface area (Å²) in [6.45, 7) is 0.594. The average Bonchev–Trinajstić information content (AvgIpc) is 2.27. The Morgan fingerprint density at radius 3 is 2.61 bits per heavy atom. The van der Waals surface area contributed by atoms with Gasteiger partial charge in [-0.3, -0.25) is 4.79 Å². The topological polar surface area (TPSA) is 49.3 Å². The number of carbonyl (C=O) groups excluding carboxylic acids is 1. The third kappa shape index (κ3) is 3.69. The number of hydrogen-bond acceptors (Lipinski definition) is 2. The lowest BCUT2D eigenvalue weighted by Crippen LogP contribution is -2.40. The molecule has 1 aromatic carbocycles. The lowest BCUT2D eigenvalue weighted by atomic mass is 10.1. The van der Waals surface area contributed by atoms with Crippen molar-refractivity contribution >= 4 is 5.91 Å². The van der Waals surface area contributed by atoms with E-state index in [0.29, 0.717) is 5.56 Å². The van der Waals surface area contributed by atoms with Gasteiger partial charge in [-0.05, 0) is 19.1 Å². The van der Waals surface area contributed by atoms with Gasteiger partial charge in [-0.1, -0.05) is 11.6 Å². The predicted molar refractivity (Wildman–Crippen MR) is 55.5 cm³/mol. The summed E-state index contributed by atoms with van der Waals surface area (Å²) in [6.07, 6.45) is -7.49. The molecule has 18 heavy (non-hydrogen) atoms. The second-order valence-corrected chi connectivity index (χ2v) is 3.75. The van der Waals surface area contributed by atoms with Crippen LogP contribution in [-0.2, 0) is 0 Å². The van der Waals surface area contributed by atoms with Crippen LogP contribution in [0.2, 0.25) is 0 Å². The van der Waals surface area contributed by atoms with E-state index in [1.165, 1.54) is 12.1 Å². The molecule has 0 bridgehead atoms. The van der Waals surface area contributed by atoms with Gasteiger partial charge < -0.3 is 10.4 Å². The van der Waals surface area contributed by atoms with Crippen molar-refractivity contribution in [1.82, 2.24) is 5.32 Å². The second kappa shape index (κ2) is 5.34. The first-order valence-corrected chi connectivity index (χ1v) is 5.01. The maximum absolute atomic E-state index is 13.2. The van der Waals surface area contributed by atoms with Crippen LogP contribution in [0.5, 0.6) is 0 Å². The molecule has 1 rings (SSSR count). The van der Waals surface area contributed by atoms with Crippen molar-refractivity contribution in [2.75, 3.05) is 6.54 Å². The molecule has 1 amide bonds. The monoisotopic (exact) mass is 265 g/mol. The first-order valence-electron chi connectivity index (χ1n) is 5.01. The SMILES string of the molecule is Cc1ccc(F)c(C(=O)NCC(O)C(F)(F)F)c1. The van der Waals surface area contributed by atoms with Crippen LogP contribution in [-0.4, -0.2) is 29.8 Å². The van der Waals surface area contributed by atoms with Gasteiger partial charge in [0.1, 0.15) is 5.82 Å². The van der Waals surface area contributed by atoms with E-state index >= 15 is 0 Å². The summed E-state index contributed by atoms with van der Waals surface area (Å²) in [5.41, 5.74) is 0.238. The summed E-state index contributed by atoms with van der Waals surface area (Å²) < 4.78 is 49.1.